The van der Waals surface area contributed by atoms with Gasteiger partial charge in [-0.25, -0.2) is 4.98 Å². The van der Waals surface area contributed by atoms with E-state index in [1.54, 1.807) is 59.7 Å². The van der Waals surface area contributed by atoms with Gasteiger partial charge in [0.25, 0.3) is 0 Å². The molecule has 7 N–H and O–H groups in total. The van der Waals surface area contributed by atoms with Crippen LogP contribution in [0.3, 0.4) is 0 Å². The number of aromatic amines is 2. The first-order chi connectivity index (χ1) is 44.7. The van der Waals surface area contributed by atoms with Crippen LogP contribution in [0.5, 0.6) is 0 Å². The van der Waals surface area contributed by atoms with Gasteiger partial charge in [-0.05, 0) is 111 Å². The van der Waals surface area contributed by atoms with Crippen LogP contribution in [0.2, 0.25) is 0 Å². The van der Waals surface area contributed by atoms with Crippen LogP contribution in [0.15, 0.2) is 18.2 Å². The Labute approximate surface area is 566 Å². The maximum atomic E-state index is 15.5. The summed E-state index contributed by atoms with van der Waals surface area (Å²) in [5.74, 6) is -9.66. The minimum absolute atomic E-state index is 0.0265. The number of tetrazole rings is 1. The molecule has 3 heterocycles. The number of H-pyrrole nitrogens is 2. The number of hydrogen-bond acceptors (Lipinski definition) is 16. The lowest BCUT2D eigenvalue weighted by molar-refractivity contribution is -0.157. The highest BCUT2D eigenvalue weighted by atomic mass is 16.3. The Morgan fingerprint density at radius 2 is 1.01 bits per heavy atom. The van der Waals surface area contributed by atoms with Crippen molar-refractivity contribution >= 4 is 76.0 Å². The molecule has 3 aromatic rings. The standard InChI is InChI=1S/C67H111N17O12/c1-24-44-63(92)78(17)33-52(85)79(18)47(27-34(2)3)60(89)73-53(38(10)11)66(95)80(19)48(28-35(4)5)59(88)68-41(15)58(87)69-42(16)62(91)81(20)49(29-36(6)7)64(93)82(21)50(30-37(8)9)65(94)83(22)54(39(12)13)67(96)84(23)55(61(90)72-44)56(86)40(14)31-51-70-45-26-25-43(32-46(45)71-51)57-74-76-77-75-57/h25-26,32,34-42,44,47-50,53-56,86H,24,27-31,33H2,1-23H3,(H,68,88)(H,69,87)(H,70,71)(H,72,90)(H,73,89)(H,74,75,76,77)/t40-,41?,42-,44+,47+,48+,49+,50+,53+,54+,55+,56-/m1/s1. The van der Waals surface area contributed by atoms with E-state index >= 15 is 19.2 Å². The van der Waals surface area contributed by atoms with Crippen LogP contribution < -0.4 is 21.3 Å². The number of imidazole rings is 1. The van der Waals surface area contributed by atoms with Crippen LogP contribution in [-0.2, 0) is 59.2 Å². The maximum absolute atomic E-state index is 15.5. The number of carbonyl (C=O) groups is 11. The molecule has 0 bridgehead atoms. The molecule has 12 atom stereocenters. The number of aliphatic hydroxyl groups excluding tert-OH is 1. The number of hydrogen-bond donors (Lipinski definition) is 7. The Kier molecular flexibility index (Phi) is 29.5. The third-order valence-corrected chi connectivity index (χ3v) is 18.0. The molecule has 0 spiro atoms. The maximum Gasteiger partial charge on any atom is 0.246 e. The van der Waals surface area contributed by atoms with Gasteiger partial charge in [0.15, 0.2) is 0 Å². The summed E-state index contributed by atoms with van der Waals surface area (Å²) in [6.45, 7) is 27.3. The quantitative estimate of drug-likeness (QED) is 0.108. The highest BCUT2D eigenvalue weighted by Crippen LogP contribution is 2.27. The Morgan fingerprint density at radius 1 is 0.521 bits per heavy atom. The SMILES string of the molecule is CC[C@@H]1NC(=O)[C@H]([C@H](O)[C@H](C)Cc2nc3ccc(-c4nn[nH]n4)cc3[nH]2)N(C)C(=O)[C@H](C(C)C)N(C)C(=O)[C@H](CC(C)C)N(C)C(=O)[C@H](CC(C)C)N(C)C(=O)[C@@H](C)NC(=O)C(C)NC(=O)[C@H](CC(C)C)N(C)C(=O)[C@H](C(C)C)NC(=O)[C@H](CC(C)C)N(C)C(=O)CN(C)C1=O. The second kappa shape index (κ2) is 35.2. The number of aromatic nitrogens is 6. The van der Waals surface area contributed by atoms with Gasteiger partial charge in [-0.2, -0.15) is 5.21 Å². The van der Waals surface area contributed by atoms with Gasteiger partial charge in [0.2, 0.25) is 70.8 Å². The molecule has 0 aliphatic carbocycles. The van der Waals surface area contributed by atoms with Gasteiger partial charge in [-0.1, -0.05) is 96.9 Å². The summed E-state index contributed by atoms with van der Waals surface area (Å²) in [6, 6.07) is -7.48. The van der Waals surface area contributed by atoms with Crippen molar-refractivity contribution in [3.05, 3.63) is 24.0 Å². The van der Waals surface area contributed by atoms with E-state index < -0.39 is 156 Å². The topological polar surface area (TPSA) is 362 Å². The molecule has 0 saturated carbocycles. The summed E-state index contributed by atoms with van der Waals surface area (Å²) >= 11 is 0. The highest BCUT2D eigenvalue weighted by Gasteiger charge is 2.46. The molecule has 4 rings (SSSR count). The zero-order valence-electron chi connectivity index (χ0n) is 60.9. The average molecular weight is 1350 g/mol. The average Bonchev–Trinajstić information content (AvgIpc) is 1.54. The Bertz CT molecular complexity index is 3190. The molecule has 1 fully saturated rings. The molecule has 96 heavy (non-hydrogen) atoms. The molecule has 536 valence electrons. The summed E-state index contributed by atoms with van der Waals surface area (Å²) in [6.07, 6.45) is -1.13. The Balaban J connectivity index is 1.91. The van der Waals surface area contributed by atoms with Gasteiger partial charge in [0.1, 0.15) is 66.2 Å². The molecule has 2 aromatic heterocycles. The molecule has 29 heteroatoms. The number of nitrogens with zero attached hydrogens (tertiary/aromatic N) is 11. The van der Waals surface area contributed by atoms with Crippen molar-refractivity contribution in [1.82, 2.24) is 86.2 Å². The van der Waals surface area contributed by atoms with Gasteiger partial charge >= 0.3 is 0 Å². The molecular weight excluding hydrogens is 1230 g/mol. The second-order valence-corrected chi connectivity index (χ2v) is 28.6. The minimum atomic E-state index is -1.74. The van der Waals surface area contributed by atoms with E-state index in [-0.39, 0.29) is 62.2 Å². The summed E-state index contributed by atoms with van der Waals surface area (Å²) in [5, 5.41) is 37.8. The van der Waals surface area contributed by atoms with Crippen molar-refractivity contribution in [2.75, 3.05) is 55.9 Å². The summed E-state index contributed by atoms with van der Waals surface area (Å²) in [4.78, 5) is 179. The number of rotatable bonds is 16. The fourth-order valence-corrected chi connectivity index (χ4v) is 12.2. The lowest BCUT2D eigenvalue weighted by atomic mass is 9.91. The first kappa shape index (κ1) is 80.3. The molecular formula is C67H111N17O12. The molecule has 1 unspecified atom stereocenters. The van der Waals surface area contributed by atoms with Crippen molar-refractivity contribution in [2.24, 2.45) is 41.4 Å². The van der Waals surface area contributed by atoms with Crippen LogP contribution in [0.4, 0.5) is 0 Å². The summed E-state index contributed by atoms with van der Waals surface area (Å²) < 4.78 is 0. The van der Waals surface area contributed by atoms with Crippen LogP contribution in [-0.4, -0.2) is 257 Å². The minimum Gasteiger partial charge on any atom is -0.390 e. The van der Waals surface area contributed by atoms with Crippen LogP contribution in [0, 0.1) is 41.4 Å². The predicted molar refractivity (Wildman–Crippen MR) is 362 cm³/mol. The summed E-state index contributed by atoms with van der Waals surface area (Å²) in [5.41, 5.74) is 1.83. The molecule has 29 nitrogen and oxygen atoms in total. The zero-order valence-corrected chi connectivity index (χ0v) is 60.9. The lowest BCUT2D eigenvalue weighted by Gasteiger charge is -2.41. The van der Waals surface area contributed by atoms with Gasteiger partial charge in [0, 0.05) is 61.3 Å². The van der Waals surface area contributed by atoms with E-state index in [4.69, 9.17) is 4.98 Å². The molecule has 1 aromatic carbocycles. The van der Waals surface area contributed by atoms with Gasteiger partial charge in [-0.3, -0.25) is 52.7 Å². The third-order valence-electron chi connectivity index (χ3n) is 18.0. The molecule has 11 amide bonds. The smallest absolute Gasteiger partial charge is 0.246 e. The largest absolute Gasteiger partial charge is 0.390 e. The van der Waals surface area contributed by atoms with Gasteiger partial charge < -0.3 is 65.7 Å². The number of carbonyl (C=O) groups excluding carboxylic acids is 11. The number of benzene rings is 1. The Hall–Kier alpha value is -8.11. The van der Waals surface area contributed by atoms with Crippen molar-refractivity contribution in [1.29, 1.82) is 0 Å². The normalized spacial score (nSPS) is 25.1. The van der Waals surface area contributed by atoms with E-state index in [0.29, 0.717) is 28.2 Å². The van der Waals surface area contributed by atoms with Crippen LogP contribution in [0.25, 0.3) is 22.4 Å². The molecule has 1 saturated heterocycles. The van der Waals surface area contributed by atoms with Crippen LogP contribution in [0.1, 0.15) is 149 Å². The van der Waals surface area contributed by atoms with E-state index in [1.807, 2.05) is 55.4 Å². The van der Waals surface area contributed by atoms with E-state index in [1.165, 1.54) is 87.7 Å². The van der Waals surface area contributed by atoms with Crippen molar-refractivity contribution in [3.8, 4) is 11.4 Å². The van der Waals surface area contributed by atoms with E-state index in [0.717, 1.165) is 9.80 Å². The second-order valence-electron chi connectivity index (χ2n) is 28.6. The van der Waals surface area contributed by atoms with E-state index in [2.05, 4.69) is 46.9 Å². The van der Waals surface area contributed by atoms with Gasteiger partial charge in [-0.15, -0.1) is 10.2 Å². The first-order valence-electron chi connectivity index (χ1n) is 33.6. The number of amides is 11. The Morgan fingerprint density at radius 3 is 1.52 bits per heavy atom. The van der Waals surface area contributed by atoms with E-state index in [9.17, 15) is 38.7 Å². The number of fused-ring (bicyclic) bond motifs is 1. The molecule has 0 radical (unpaired) electrons. The highest BCUT2D eigenvalue weighted by molar-refractivity contribution is 5.99. The van der Waals surface area contributed by atoms with Crippen molar-refractivity contribution in [3.63, 3.8) is 0 Å². The lowest BCUT2D eigenvalue weighted by Crippen LogP contribution is -2.63. The molecule has 1 aliphatic rings. The number of aliphatic hydroxyl groups is 1. The summed E-state index contributed by atoms with van der Waals surface area (Å²) in [7, 11) is 9.84. The fraction of sp³-hybridized carbons (Fsp3) is 0.716. The molecule has 1 aliphatic heterocycles. The predicted octanol–water partition coefficient (Wildman–Crippen LogP) is 2.60. The first-order valence-corrected chi connectivity index (χ1v) is 33.6. The van der Waals surface area contributed by atoms with Crippen molar-refractivity contribution < 1.29 is 57.8 Å². The van der Waals surface area contributed by atoms with Gasteiger partial charge in [0.05, 0.1) is 23.7 Å². The van der Waals surface area contributed by atoms with Crippen LogP contribution >= 0.6 is 0 Å². The third kappa shape index (κ3) is 20.5. The zero-order chi connectivity index (χ0) is 72.8. The monoisotopic (exact) mass is 1350 g/mol. The number of nitrogens with one attached hydrogen (secondary N) is 6. The fourth-order valence-electron chi connectivity index (χ4n) is 12.2. The van der Waals surface area contributed by atoms with Crippen molar-refractivity contribution in [2.45, 2.75) is 216 Å². The number of likely N-dealkylation sites (N-methyl/N-ethyl adjacent to an activating group) is 7.